The number of carbonyl (C=O) groups is 1. The quantitative estimate of drug-likeness (QED) is 0.784. The molecule has 2 atom stereocenters. The molecule has 1 N–H and O–H groups in total. The number of rotatable bonds is 6. The Morgan fingerprint density at radius 3 is 2.23 bits per heavy atom. The van der Waals surface area contributed by atoms with Crippen LogP contribution in [0.15, 0.2) is 30.3 Å². The molecule has 26 heavy (non-hydrogen) atoms. The van der Waals surface area contributed by atoms with Crippen LogP contribution in [-0.2, 0) is 14.9 Å². The van der Waals surface area contributed by atoms with E-state index in [0.717, 1.165) is 30.7 Å². The van der Waals surface area contributed by atoms with Gasteiger partial charge in [0.2, 0.25) is 0 Å². The van der Waals surface area contributed by atoms with Crippen LogP contribution in [0.5, 0.6) is 0 Å². The molecule has 0 radical (unpaired) electrons. The van der Waals surface area contributed by atoms with Crippen LogP contribution in [0.3, 0.4) is 0 Å². The first-order valence-corrected chi connectivity index (χ1v) is 10.5. The van der Waals surface area contributed by atoms with Gasteiger partial charge in [-0.3, -0.25) is 4.79 Å². The molecule has 0 aliphatic heterocycles. The second-order valence-corrected chi connectivity index (χ2v) is 9.78. The highest BCUT2D eigenvalue weighted by atomic mass is 16.5. The molecule has 0 saturated heterocycles. The third-order valence-electron chi connectivity index (χ3n) is 7.88. The smallest absolute Gasteiger partial charge is 0.302 e. The van der Waals surface area contributed by atoms with Crippen LogP contribution in [0, 0.1) is 23.7 Å². The summed E-state index contributed by atoms with van der Waals surface area (Å²) >= 11 is 0. The summed E-state index contributed by atoms with van der Waals surface area (Å²) in [5.41, 5.74) is 1.78. The lowest BCUT2D eigenvalue weighted by molar-refractivity contribution is -0.142. The molecule has 5 saturated carbocycles. The van der Waals surface area contributed by atoms with Gasteiger partial charge in [0.05, 0.1) is 0 Å². The highest BCUT2D eigenvalue weighted by Crippen LogP contribution is 2.57. The van der Waals surface area contributed by atoms with Crippen molar-refractivity contribution in [3.8, 4) is 0 Å². The van der Waals surface area contributed by atoms with Gasteiger partial charge in [0.15, 0.2) is 0 Å². The normalized spacial score (nSPS) is 42.7. The fourth-order valence-electron chi connectivity index (χ4n) is 6.93. The molecule has 140 valence electrons. The van der Waals surface area contributed by atoms with Crippen molar-refractivity contribution in [3.63, 3.8) is 0 Å². The average Bonchev–Trinajstić information content (AvgIpc) is 3.33. The maximum absolute atomic E-state index is 11.4. The third-order valence-corrected chi connectivity index (χ3v) is 7.88. The van der Waals surface area contributed by atoms with Gasteiger partial charge >= 0.3 is 5.97 Å². The zero-order valence-electron chi connectivity index (χ0n) is 15.9. The minimum atomic E-state index is -0.167. The van der Waals surface area contributed by atoms with Gasteiger partial charge < -0.3 is 10.1 Å². The van der Waals surface area contributed by atoms with Crippen LogP contribution >= 0.6 is 0 Å². The van der Waals surface area contributed by atoms with E-state index in [-0.39, 0.29) is 11.4 Å². The molecule has 0 amide bonds. The second kappa shape index (κ2) is 6.09. The summed E-state index contributed by atoms with van der Waals surface area (Å²) in [6.07, 6.45) is 9.79. The molecule has 3 heteroatoms. The van der Waals surface area contributed by atoms with Crippen molar-refractivity contribution in [1.29, 1.82) is 0 Å². The number of benzene rings is 1. The molecule has 6 rings (SSSR count). The first kappa shape index (κ1) is 16.8. The molecule has 4 bridgehead atoms. The van der Waals surface area contributed by atoms with Crippen molar-refractivity contribution in [3.05, 3.63) is 35.9 Å². The molecule has 1 aromatic carbocycles. The fraction of sp³-hybridized carbons (Fsp3) is 0.696. The zero-order valence-corrected chi connectivity index (χ0v) is 15.9. The van der Waals surface area contributed by atoms with Crippen LogP contribution < -0.4 is 5.32 Å². The van der Waals surface area contributed by atoms with Crippen molar-refractivity contribution in [2.24, 2.45) is 23.7 Å². The molecule has 1 aromatic rings. The zero-order chi connectivity index (χ0) is 17.8. The van der Waals surface area contributed by atoms with E-state index in [2.05, 4.69) is 35.6 Å². The number of hydrogen-bond acceptors (Lipinski definition) is 3. The summed E-state index contributed by atoms with van der Waals surface area (Å²) in [6.45, 7) is 3.12. The van der Waals surface area contributed by atoms with Gasteiger partial charge in [-0.05, 0) is 80.7 Å². The Hall–Kier alpha value is -1.35. The number of nitrogens with one attached hydrogen (secondary N) is 1. The molecule has 5 fully saturated rings. The Morgan fingerprint density at radius 1 is 1.04 bits per heavy atom. The van der Waals surface area contributed by atoms with Crippen molar-refractivity contribution in [1.82, 2.24) is 5.32 Å². The van der Waals surface area contributed by atoms with E-state index in [4.69, 9.17) is 4.74 Å². The molecule has 0 aromatic heterocycles. The van der Waals surface area contributed by atoms with E-state index in [9.17, 15) is 4.79 Å². The molecule has 0 heterocycles. The first-order chi connectivity index (χ1) is 12.6. The standard InChI is InChI=1S/C23H31NO2/c1-16(25)26-15-23(20-5-3-2-4-6-20)13-21(23)14-24-22-10-17-7-18(11-22)9-19(8-17)12-22/h2-6,17-19,21,24H,7-15H2,1H3/t17?,18?,19?,21-,22?,23+/m1/s1. The van der Waals surface area contributed by atoms with Gasteiger partial charge in [-0.1, -0.05) is 30.3 Å². The van der Waals surface area contributed by atoms with E-state index in [1.807, 2.05) is 0 Å². The summed E-state index contributed by atoms with van der Waals surface area (Å²) in [5.74, 6) is 3.35. The first-order valence-electron chi connectivity index (χ1n) is 10.5. The summed E-state index contributed by atoms with van der Waals surface area (Å²) in [7, 11) is 0. The minimum Gasteiger partial charge on any atom is -0.465 e. The summed E-state index contributed by atoms with van der Waals surface area (Å²) in [6, 6.07) is 10.7. The average molecular weight is 354 g/mol. The van der Waals surface area contributed by atoms with E-state index in [0.29, 0.717) is 18.1 Å². The van der Waals surface area contributed by atoms with Gasteiger partial charge in [0, 0.05) is 17.9 Å². The van der Waals surface area contributed by atoms with Crippen LogP contribution in [0.1, 0.15) is 57.4 Å². The van der Waals surface area contributed by atoms with Crippen molar-refractivity contribution >= 4 is 5.97 Å². The van der Waals surface area contributed by atoms with Crippen LogP contribution in [-0.4, -0.2) is 24.7 Å². The second-order valence-electron chi connectivity index (χ2n) is 9.78. The number of hydrogen-bond donors (Lipinski definition) is 1. The summed E-state index contributed by atoms with van der Waals surface area (Å²) in [4.78, 5) is 11.4. The fourth-order valence-corrected chi connectivity index (χ4v) is 6.93. The van der Waals surface area contributed by atoms with Gasteiger partial charge in [-0.2, -0.15) is 0 Å². The van der Waals surface area contributed by atoms with Crippen LogP contribution in [0.4, 0.5) is 0 Å². The minimum absolute atomic E-state index is 0.0300. The lowest BCUT2D eigenvalue weighted by Gasteiger charge is -2.57. The third kappa shape index (κ3) is 2.89. The topological polar surface area (TPSA) is 38.3 Å². The largest absolute Gasteiger partial charge is 0.465 e. The maximum Gasteiger partial charge on any atom is 0.302 e. The van der Waals surface area contributed by atoms with Crippen LogP contribution in [0.2, 0.25) is 0 Å². The highest BCUT2D eigenvalue weighted by molar-refractivity contribution is 5.66. The predicted molar refractivity (Wildman–Crippen MR) is 102 cm³/mol. The van der Waals surface area contributed by atoms with Crippen LogP contribution in [0.25, 0.3) is 0 Å². The Balaban J connectivity index is 1.28. The monoisotopic (exact) mass is 353 g/mol. The Kier molecular flexibility index (Phi) is 3.93. The van der Waals surface area contributed by atoms with Gasteiger partial charge in [0.1, 0.15) is 6.61 Å². The molecule has 0 spiro atoms. The van der Waals surface area contributed by atoms with Gasteiger partial charge in [-0.25, -0.2) is 0 Å². The van der Waals surface area contributed by atoms with Crippen molar-refractivity contribution < 1.29 is 9.53 Å². The van der Waals surface area contributed by atoms with E-state index >= 15 is 0 Å². The Labute approximate surface area is 156 Å². The molecule has 5 aliphatic carbocycles. The number of esters is 1. The predicted octanol–water partition coefficient (Wildman–Crippen LogP) is 4.07. The van der Waals surface area contributed by atoms with Crippen molar-refractivity contribution in [2.75, 3.05) is 13.2 Å². The molecule has 3 nitrogen and oxygen atoms in total. The Morgan fingerprint density at radius 2 is 1.65 bits per heavy atom. The molecule has 5 aliphatic rings. The Bertz CT molecular complexity index is 649. The SMILES string of the molecule is CC(=O)OC[C@]1(c2ccccc2)C[C@@H]1CNC12CC3CC(CC(C3)C1)C2. The van der Waals surface area contributed by atoms with Gasteiger partial charge in [0.25, 0.3) is 0 Å². The van der Waals surface area contributed by atoms with E-state index < -0.39 is 0 Å². The lowest BCUT2D eigenvalue weighted by atomic mass is 9.53. The van der Waals surface area contributed by atoms with Crippen molar-refractivity contribution in [2.45, 2.75) is 62.8 Å². The number of ether oxygens (including phenoxy) is 1. The summed E-state index contributed by atoms with van der Waals surface area (Å²) < 4.78 is 5.48. The maximum atomic E-state index is 11.4. The molecule has 0 unspecified atom stereocenters. The van der Waals surface area contributed by atoms with E-state index in [1.54, 1.807) is 0 Å². The molecular weight excluding hydrogens is 322 g/mol. The summed E-state index contributed by atoms with van der Waals surface area (Å²) in [5, 5.41) is 4.06. The highest BCUT2D eigenvalue weighted by Gasteiger charge is 2.57. The molecular formula is C23H31NO2. The number of carbonyl (C=O) groups excluding carboxylic acids is 1. The van der Waals surface area contributed by atoms with Gasteiger partial charge in [-0.15, -0.1) is 0 Å². The van der Waals surface area contributed by atoms with E-state index in [1.165, 1.54) is 51.0 Å². The lowest BCUT2D eigenvalue weighted by Crippen LogP contribution is -2.58.